The molecule has 0 spiro atoms. The van der Waals surface area contributed by atoms with Crippen molar-refractivity contribution in [2.45, 2.75) is 4.58 Å². The number of amides is 1. The highest BCUT2D eigenvalue weighted by molar-refractivity contribution is 8.19. The summed E-state index contributed by atoms with van der Waals surface area (Å²) in [5.74, 6) is 1.93. The molecule has 1 aliphatic rings. The van der Waals surface area contributed by atoms with Crippen LogP contribution in [0.2, 0.25) is 0 Å². The molecule has 1 amide bonds. The molecule has 0 aromatic heterocycles. The lowest BCUT2D eigenvalue weighted by molar-refractivity contribution is -0.384. The van der Waals surface area contributed by atoms with Gasteiger partial charge in [-0.25, -0.2) is 0 Å². The van der Waals surface area contributed by atoms with Gasteiger partial charge in [-0.15, -0.1) is 23.5 Å². The summed E-state index contributed by atoms with van der Waals surface area (Å²) in [5.41, 5.74) is 2.06. The average molecular weight is 346 g/mol. The Morgan fingerprint density at radius 3 is 2.61 bits per heavy atom. The number of nitro groups is 1. The number of non-ortho nitro benzene ring substituents is 1. The first-order chi connectivity index (χ1) is 11.1. The highest BCUT2D eigenvalue weighted by Crippen LogP contribution is 2.45. The first-order valence-corrected chi connectivity index (χ1v) is 9.12. The van der Waals surface area contributed by atoms with Crippen molar-refractivity contribution in [3.63, 3.8) is 0 Å². The van der Waals surface area contributed by atoms with Crippen LogP contribution in [0.3, 0.4) is 0 Å². The van der Waals surface area contributed by atoms with Crippen LogP contribution in [-0.2, 0) is 0 Å². The number of hydrogen-bond acceptors (Lipinski definition) is 5. The lowest BCUT2D eigenvalue weighted by atomic mass is 10.1. The molecule has 1 heterocycles. The topological polar surface area (TPSA) is 72.2 Å². The van der Waals surface area contributed by atoms with Crippen molar-refractivity contribution in [2.75, 3.05) is 16.8 Å². The van der Waals surface area contributed by atoms with E-state index in [1.807, 2.05) is 41.7 Å². The second kappa shape index (κ2) is 7.06. The van der Waals surface area contributed by atoms with E-state index in [0.29, 0.717) is 10.3 Å². The van der Waals surface area contributed by atoms with Gasteiger partial charge in [-0.05, 0) is 23.8 Å². The van der Waals surface area contributed by atoms with E-state index in [9.17, 15) is 14.9 Å². The summed E-state index contributed by atoms with van der Waals surface area (Å²) >= 11 is 3.80. The van der Waals surface area contributed by atoms with E-state index in [0.717, 1.165) is 11.5 Å². The quantitative estimate of drug-likeness (QED) is 0.659. The van der Waals surface area contributed by atoms with Crippen molar-refractivity contribution >= 4 is 40.8 Å². The zero-order chi connectivity index (χ0) is 16.2. The number of benzene rings is 2. The molecule has 1 saturated heterocycles. The minimum Gasteiger partial charge on any atom is -0.322 e. The molecule has 7 heteroatoms. The molecule has 0 atom stereocenters. The number of carbonyl (C=O) groups excluding carboxylic acids is 1. The number of anilines is 1. The molecule has 2 aromatic rings. The van der Waals surface area contributed by atoms with E-state index in [1.54, 1.807) is 6.07 Å². The molecule has 1 aliphatic heterocycles. The second-order valence-electron chi connectivity index (χ2n) is 4.96. The van der Waals surface area contributed by atoms with E-state index in [2.05, 4.69) is 11.4 Å². The molecule has 0 aliphatic carbocycles. The van der Waals surface area contributed by atoms with E-state index < -0.39 is 4.92 Å². The number of nitrogens with zero attached hydrogens (tertiary/aromatic N) is 1. The van der Waals surface area contributed by atoms with E-state index in [-0.39, 0.29) is 17.2 Å². The zero-order valence-corrected chi connectivity index (χ0v) is 13.7. The van der Waals surface area contributed by atoms with Crippen LogP contribution in [0.5, 0.6) is 0 Å². The Morgan fingerprint density at radius 2 is 1.87 bits per heavy atom. The van der Waals surface area contributed by atoms with E-state index in [4.69, 9.17) is 0 Å². The highest BCUT2D eigenvalue weighted by atomic mass is 32.2. The Kier molecular flexibility index (Phi) is 4.88. The van der Waals surface area contributed by atoms with Gasteiger partial charge in [0.15, 0.2) is 0 Å². The predicted octanol–water partition coefficient (Wildman–Crippen LogP) is 4.33. The third-order valence-electron chi connectivity index (χ3n) is 3.36. The zero-order valence-electron chi connectivity index (χ0n) is 12.1. The van der Waals surface area contributed by atoms with Crippen LogP contribution in [0.15, 0.2) is 48.5 Å². The fourth-order valence-corrected chi connectivity index (χ4v) is 5.12. The van der Waals surface area contributed by atoms with Gasteiger partial charge in [-0.2, -0.15) is 0 Å². The summed E-state index contributed by atoms with van der Waals surface area (Å²) in [6.07, 6.45) is 0. The summed E-state index contributed by atoms with van der Waals surface area (Å²) in [4.78, 5) is 22.6. The Hall–Kier alpha value is -1.99. The SMILES string of the molecule is O=C(Nc1cccc(C2SCCS2)c1)c1cccc([N+](=O)[O-])c1. The number of carbonyl (C=O) groups is 1. The molecule has 23 heavy (non-hydrogen) atoms. The lowest BCUT2D eigenvalue weighted by Gasteiger charge is -2.11. The Labute approximate surface area is 142 Å². The van der Waals surface area contributed by atoms with Gasteiger partial charge in [0, 0.05) is 34.9 Å². The molecule has 5 nitrogen and oxygen atoms in total. The van der Waals surface area contributed by atoms with Gasteiger partial charge < -0.3 is 5.32 Å². The van der Waals surface area contributed by atoms with Crippen molar-refractivity contribution in [3.8, 4) is 0 Å². The maximum absolute atomic E-state index is 12.3. The van der Waals surface area contributed by atoms with Gasteiger partial charge in [0.25, 0.3) is 11.6 Å². The smallest absolute Gasteiger partial charge is 0.270 e. The first kappa shape index (κ1) is 15.9. The third kappa shape index (κ3) is 3.86. The standard InChI is InChI=1S/C16H14N2O3S2/c19-15(11-3-2-6-14(10-11)18(20)21)17-13-5-1-4-12(9-13)16-22-7-8-23-16/h1-6,9-10,16H,7-8H2,(H,17,19). The van der Waals surface area contributed by atoms with Crippen LogP contribution in [0.4, 0.5) is 11.4 Å². The van der Waals surface area contributed by atoms with Crippen LogP contribution in [0.1, 0.15) is 20.5 Å². The van der Waals surface area contributed by atoms with Gasteiger partial charge >= 0.3 is 0 Å². The summed E-state index contributed by atoms with van der Waals surface area (Å²) < 4.78 is 0.407. The normalized spacial score (nSPS) is 14.6. The molecular weight excluding hydrogens is 332 g/mol. The van der Waals surface area contributed by atoms with Gasteiger partial charge in [0.05, 0.1) is 9.51 Å². The molecule has 0 radical (unpaired) electrons. The summed E-state index contributed by atoms with van der Waals surface area (Å²) in [5, 5.41) is 13.6. The predicted molar refractivity (Wildman–Crippen MR) is 95.1 cm³/mol. The van der Waals surface area contributed by atoms with Crippen LogP contribution < -0.4 is 5.32 Å². The number of thioether (sulfide) groups is 2. The first-order valence-electron chi connectivity index (χ1n) is 7.02. The average Bonchev–Trinajstić information content (AvgIpc) is 3.10. The Bertz CT molecular complexity index is 746. The molecule has 0 unspecified atom stereocenters. The van der Waals surface area contributed by atoms with Crippen LogP contribution in [0.25, 0.3) is 0 Å². The molecule has 3 rings (SSSR count). The number of nitro benzene ring substituents is 1. The van der Waals surface area contributed by atoms with Crippen molar-refractivity contribution in [3.05, 3.63) is 69.8 Å². The van der Waals surface area contributed by atoms with Gasteiger partial charge in [0.2, 0.25) is 0 Å². The molecule has 1 N–H and O–H groups in total. The molecular formula is C16H14N2O3S2. The van der Waals surface area contributed by atoms with Crippen molar-refractivity contribution < 1.29 is 9.72 Å². The largest absolute Gasteiger partial charge is 0.322 e. The maximum atomic E-state index is 12.3. The fraction of sp³-hybridized carbons (Fsp3) is 0.188. The van der Waals surface area contributed by atoms with Crippen LogP contribution in [0, 0.1) is 10.1 Å². The number of nitrogens with one attached hydrogen (secondary N) is 1. The van der Waals surface area contributed by atoms with E-state index >= 15 is 0 Å². The summed E-state index contributed by atoms with van der Waals surface area (Å²) in [7, 11) is 0. The minimum atomic E-state index is -0.508. The summed E-state index contributed by atoms with van der Waals surface area (Å²) in [6.45, 7) is 0. The van der Waals surface area contributed by atoms with Crippen molar-refractivity contribution in [1.29, 1.82) is 0 Å². The monoisotopic (exact) mass is 346 g/mol. The molecule has 118 valence electrons. The van der Waals surface area contributed by atoms with Crippen molar-refractivity contribution in [1.82, 2.24) is 0 Å². The van der Waals surface area contributed by atoms with Gasteiger partial charge in [0.1, 0.15) is 0 Å². The van der Waals surface area contributed by atoms with E-state index in [1.165, 1.54) is 23.8 Å². The fourth-order valence-electron chi connectivity index (χ4n) is 2.28. The summed E-state index contributed by atoms with van der Waals surface area (Å²) in [6, 6.07) is 13.5. The van der Waals surface area contributed by atoms with Crippen molar-refractivity contribution in [2.24, 2.45) is 0 Å². The van der Waals surface area contributed by atoms with Crippen LogP contribution >= 0.6 is 23.5 Å². The minimum absolute atomic E-state index is 0.0924. The third-order valence-corrected chi connectivity index (χ3v) is 6.46. The Balaban J connectivity index is 1.76. The second-order valence-corrected chi connectivity index (χ2v) is 7.68. The highest BCUT2D eigenvalue weighted by Gasteiger charge is 2.19. The Morgan fingerprint density at radius 1 is 1.13 bits per heavy atom. The number of hydrogen-bond donors (Lipinski definition) is 1. The maximum Gasteiger partial charge on any atom is 0.270 e. The van der Waals surface area contributed by atoms with Gasteiger partial charge in [-0.1, -0.05) is 18.2 Å². The van der Waals surface area contributed by atoms with Gasteiger partial charge in [-0.3, -0.25) is 14.9 Å². The molecule has 0 bridgehead atoms. The lowest BCUT2D eigenvalue weighted by Crippen LogP contribution is -2.12. The molecule has 2 aromatic carbocycles. The van der Waals surface area contributed by atoms with Crippen LogP contribution in [-0.4, -0.2) is 22.3 Å². The number of rotatable bonds is 4. The molecule has 1 fully saturated rings. The molecule has 0 saturated carbocycles.